The van der Waals surface area contributed by atoms with Crippen LogP contribution in [0.2, 0.25) is 0 Å². The first kappa shape index (κ1) is 13.6. The molecule has 2 aliphatic rings. The molecule has 1 fully saturated rings. The average Bonchev–Trinajstić information content (AvgIpc) is 2.32. The van der Waals surface area contributed by atoms with Crippen LogP contribution in [-0.2, 0) is 9.84 Å². The van der Waals surface area contributed by atoms with Gasteiger partial charge in [-0.25, -0.2) is 12.8 Å². The van der Waals surface area contributed by atoms with Crippen molar-refractivity contribution in [3.63, 3.8) is 0 Å². The highest BCUT2D eigenvalue weighted by molar-refractivity contribution is 7.90. The molecule has 7 heteroatoms. The molecule has 1 atom stereocenters. The molecule has 0 saturated carbocycles. The molecule has 0 spiro atoms. The van der Waals surface area contributed by atoms with Gasteiger partial charge in [-0.15, -0.1) is 0 Å². The van der Waals surface area contributed by atoms with Crippen molar-refractivity contribution in [1.29, 1.82) is 0 Å². The SMILES string of the molecule is CS(=O)(=O)c1cc(F)c2c(c1)OC(CN1CCC1)CO2. The van der Waals surface area contributed by atoms with Crippen LogP contribution in [0.25, 0.3) is 0 Å². The quantitative estimate of drug-likeness (QED) is 0.836. The van der Waals surface area contributed by atoms with Gasteiger partial charge in [-0.05, 0) is 25.6 Å². The lowest BCUT2D eigenvalue weighted by atomic mass is 10.2. The fraction of sp³-hybridized carbons (Fsp3) is 0.538. The summed E-state index contributed by atoms with van der Waals surface area (Å²) in [6.07, 6.45) is 2.02. The Bertz CT molecular complexity index is 628. The number of benzene rings is 1. The lowest BCUT2D eigenvalue weighted by Crippen LogP contribution is -2.46. The molecule has 2 heterocycles. The number of fused-ring (bicyclic) bond motifs is 1. The Kier molecular flexibility index (Phi) is 3.33. The van der Waals surface area contributed by atoms with E-state index < -0.39 is 15.7 Å². The smallest absolute Gasteiger partial charge is 0.197 e. The van der Waals surface area contributed by atoms with Gasteiger partial charge in [0, 0.05) is 18.9 Å². The summed E-state index contributed by atoms with van der Waals surface area (Å²) in [6, 6.07) is 2.29. The summed E-state index contributed by atoms with van der Waals surface area (Å²) in [5, 5.41) is 0. The number of halogens is 1. The van der Waals surface area contributed by atoms with E-state index in [1.54, 1.807) is 0 Å². The van der Waals surface area contributed by atoms with Crippen molar-refractivity contribution >= 4 is 9.84 Å². The largest absolute Gasteiger partial charge is 0.483 e. The third-order valence-corrected chi connectivity index (χ3v) is 4.62. The van der Waals surface area contributed by atoms with Crippen molar-refractivity contribution in [3.05, 3.63) is 17.9 Å². The molecular weight excluding hydrogens is 285 g/mol. The summed E-state index contributed by atoms with van der Waals surface area (Å²) < 4.78 is 47.9. The molecule has 0 radical (unpaired) electrons. The van der Waals surface area contributed by atoms with E-state index in [0.29, 0.717) is 6.54 Å². The van der Waals surface area contributed by atoms with E-state index in [9.17, 15) is 12.8 Å². The highest BCUT2D eigenvalue weighted by Crippen LogP contribution is 2.37. The van der Waals surface area contributed by atoms with Gasteiger partial charge in [0.25, 0.3) is 0 Å². The number of ether oxygens (including phenoxy) is 2. The van der Waals surface area contributed by atoms with Gasteiger partial charge in [0.2, 0.25) is 0 Å². The van der Waals surface area contributed by atoms with Crippen LogP contribution < -0.4 is 9.47 Å². The second-order valence-corrected chi connectivity index (χ2v) is 7.23. The molecule has 0 amide bonds. The van der Waals surface area contributed by atoms with Gasteiger partial charge in [0.05, 0.1) is 4.90 Å². The number of rotatable bonds is 3. The van der Waals surface area contributed by atoms with E-state index in [1.807, 2.05) is 0 Å². The van der Waals surface area contributed by atoms with E-state index in [-0.39, 0.29) is 29.1 Å². The second kappa shape index (κ2) is 4.89. The van der Waals surface area contributed by atoms with Gasteiger partial charge in [-0.1, -0.05) is 0 Å². The molecule has 110 valence electrons. The first-order valence-electron chi connectivity index (χ1n) is 6.49. The lowest BCUT2D eigenvalue weighted by molar-refractivity contribution is 0.0377. The Labute approximate surface area is 117 Å². The lowest BCUT2D eigenvalue weighted by Gasteiger charge is -2.35. The molecule has 1 unspecified atom stereocenters. The summed E-state index contributed by atoms with van der Waals surface area (Å²) in [5.74, 6) is -0.537. The molecule has 1 aromatic carbocycles. The Morgan fingerprint density at radius 2 is 2.15 bits per heavy atom. The van der Waals surface area contributed by atoms with E-state index in [4.69, 9.17) is 9.47 Å². The summed E-state index contributed by atoms with van der Waals surface area (Å²) in [5.41, 5.74) is 0. The fourth-order valence-corrected chi connectivity index (χ4v) is 2.96. The number of nitrogens with zero attached hydrogens (tertiary/aromatic N) is 1. The Balaban J connectivity index is 1.85. The number of sulfone groups is 1. The van der Waals surface area contributed by atoms with Gasteiger partial charge < -0.3 is 9.47 Å². The summed E-state index contributed by atoms with van der Waals surface area (Å²) in [7, 11) is -3.48. The fourth-order valence-electron chi connectivity index (χ4n) is 2.32. The predicted molar refractivity (Wildman–Crippen MR) is 70.5 cm³/mol. The minimum atomic E-state index is -3.48. The van der Waals surface area contributed by atoms with Gasteiger partial charge in [0.1, 0.15) is 12.7 Å². The van der Waals surface area contributed by atoms with E-state index in [2.05, 4.69) is 4.90 Å². The van der Waals surface area contributed by atoms with Crippen LogP contribution in [0.5, 0.6) is 11.5 Å². The zero-order valence-corrected chi connectivity index (χ0v) is 12.0. The van der Waals surface area contributed by atoms with Gasteiger partial charge >= 0.3 is 0 Å². The Morgan fingerprint density at radius 1 is 1.40 bits per heavy atom. The number of hydrogen-bond acceptors (Lipinski definition) is 5. The molecule has 1 saturated heterocycles. The number of hydrogen-bond donors (Lipinski definition) is 0. The molecule has 0 aliphatic carbocycles. The van der Waals surface area contributed by atoms with Crippen LogP contribution in [0.3, 0.4) is 0 Å². The van der Waals surface area contributed by atoms with Crippen molar-refractivity contribution in [1.82, 2.24) is 4.90 Å². The van der Waals surface area contributed by atoms with Crippen molar-refractivity contribution in [2.45, 2.75) is 17.4 Å². The predicted octanol–water partition coefficient (Wildman–Crippen LogP) is 1.07. The molecule has 1 aromatic rings. The van der Waals surface area contributed by atoms with Gasteiger partial charge in [-0.3, -0.25) is 4.90 Å². The zero-order chi connectivity index (χ0) is 14.3. The first-order valence-corrected chi connectivity index (χ1v) is 8.38. The van der Waals surface area contributed by atoms with Crippen LogP contribution >= 0.6 is 0 Å². The van der Waals surface area contributed by atoms with E-state index in [0.717, 1.165) is 25.4 Å². The maximum absolute atomic E-state index is 13.8. The van der Waals surface area contributed by atoms with Crippen LogP contribution in [0.1, 0.15) is 6.42 Å². The highest BCUT2D eigenvalue weighted by atomic mass is 32.2. The summed E-state index contributed by atoms with van der Waals surface area (Å²) in [4.78, 5) is 2.12. The molecular formula is C13H16FNO4S. The summed E-state index contributed by atoms with van der Waals surface area (Å²) in [6.45, 7) is 3.05. The topological polar surface area (TPSA) is 55.8 Å². The van der Waals surface area contributed by atoms with Crippen LogP contribution in [-0.4, -0.2) is 51.9 Å². The molecule has 2 aliphatic heterocycles. The summed E-state index contributed by atoms with van der Waals surface area (Å²) >= 11 is 0. The second-order valence-electron chi connectivity index (χ2n) is 5.21. The average molecular weight is 301 g/mol. The maximum Gasteiger partial charge on any atom is 0.197 e. The minimum Gasteiger partial charge on any atom is -0.483 e. The third kappa shape index (κ3) is 2.60. The Hall–Kier alpha value is -1.34. The van der Waals surface area contributed by atoms with E-state index in [1.165, 1.54) is 12.5 Å². The molecule has 20 heavy (non-hydrogen) atoms. The van der Waals surface area contributed by atoms with Crippen LogP contribution in [0, 0.1) is 5.82 Å². The van der Waals surface area contributed by atoms with Crippen LogP contribution in [0.15, 0.2) is 17.0 Å². The van der Waals surface area contributed by atoms with Crippen LogP contribution in [0.4, 0.5) is 4.39 Å². The third-order valence-electron chi connectivity index (χ3n) is 3.53. The van der Waals surface area contributed by atoms with Crippen molar-refractivity contribution < 1.29 is 22.3 Å². The standard InChI is InChI=1S/C13H16FNO4S/c1-20(16,17)10-5-11(14)13-12(6-10)19-9(8-18-13)7-15-3-2-4-15/h5-6,9H,2-4,7-8H2,1H3. The molecule has 0 aromatic heterocycles. The Morgan fingerprint density at radius 3 is 2.75 bits per heavy atom. The van der Waals surface area contributed by atoms with Gasteiger partial charge in [0.15, 0.2) is 27.2 Å². The highest BCUT2D eigenvalue weighted by Gasteiger charge is 2.28. The zero-order valence-electron chi connectivity index (χ0n) is 11.1. The molecule has 5 nitrogen and oxygen atoms in total. The first-order chi connectivity index (χ1) is 9.43. The normalized spacial score (nSPS) is 22.4. The van der Waals surface area contributed by atoms with Crippen molar-refractivity contribution in [3.8, 4) is 11.5 Å². The van der Waals surface area contributed by atoms with E-state index >= 15 is 0 Å². The number of likely N-dealkylation sites (tertiary alicyclic amines) is 1. The molecule has 0 bridgehead atoms. The monoisotopic (exact) mass is 301 g/mol. The maximum atomic E-state index is 13.8. The van der Waals surface area contributed by atoms with Crippen molar-refractivity contribution in [2.24, 2.45) is 0 Å². The minimum absolute atomic E-state index is 0.00254. The molecule has 0 N–H and O–H groups in total. The van der Waals surface area contributed by atoms with Gasteiger partial charge in [-0.2, -0.15) is 0 Å². The molecule has 3 rings (SSSR count). The van der Waals surface area contributed by atoms with Crippen molar-refractivity contribution in [2.75, 3.05) is 32.5 Å².